The lowest BCUT2D eigenvalue weighted by Gasteiger charge is -2.08. The summed E-state index contributed by atoms with van der Waals surface area (Å²) in [6.45, 7) is 1.74. The van der Waals surface area contributed by atoms with Crippen LogP contribution in [0.1, 0.15) is 5.56 Å². The average molecular weight is 272 g/mol. The SMILES string of the molecule is [13CH3][13c]1[13cH][13c](O)[13cH][13c]2o[13c](=O)[13c]3[13c](O)[13cH][13c](O)[13cH][13c]3[13c]12. The van der Waals surface area contributed by atoms with Gasteiger partial charge in [-0.05, 0) is 24.6 Å². The third-order valence-electron chi connectivity index (χ3n) is 3.06. The highest BCUT2D eigenvalue weighted by atomic mass is 16.5. The van der Waals surface area contributed by atoms with E-state index < -0.39 is 5.63 Å². The van der Waals surface area contributed by atoms with Crippen LogP contribution in [0.4, 0.5) is 0 Å². The van der Waals surface area contributed by atoms with E-state index in [1.54, 1.807) is 6.92 Å². The summed E-state index contributed by atoms with van der Waals surface area (Å²) < 4.78 is 5.10. The molecule has 0 aliphatic rings. The highest BCUT2D eigenvalue weighted by Crippen LogP contribution is 2.35. The molecule has 3 aromatic rings. The fraction of sp³-hybridized carbons (Fsp3) is 0.0714. The van der Waals surface area contributed by atoms with Gasteiger partial charge in [-0.1, -0.05) is 0 Å². The van der Waals surface area contributed by atoms with Crippen LogP contribution >= 0.6 is 0 Å². The molecule has 19 heavy (non-hydrogen) atoms. The number of hydrogen-bond acceptors (Lipinski definition) is 5. The van der Waals surface area contributed by atoms with Crippen molar-refractivity contribution in [2.75, 3.05) is 0 Å². The first-order chi connectivity index (χ1) is 8.97. The number of phenolic OH excluding ortho intramolecular Hbond substituents is 3. The topological polar surface area (TPSA) is 90.9 Å². The zero-order chi connectivity index (χ0) is 13.7. The van der Waals surface area contributed by atoms with Crippen molar-refractivity contribution in [1.29, 1.82) is 0 Å². The van der Waals surface area contributed by atoms with Crippen LogP contribution in [0.25, 0.3) is 21.7 Å². The van der Waals surface area contributed by atoms with Crippen LogP contribution in [0.3, 0.4) is 0 Å². The molecule has 0 fully saturated rings. The third kappa shape index (κ3) is 1.59. The molecule has 0 atom stereocenters. The van der Waals surface area contributed by atoms with Crippen LogP contribution in [0.2, 0.25) is 0 Å². The van der Waals surface area contributed by atoms with E-state index in [0.29, 0.717) is 16.3 Å². The maximum atomic E-state index is 11.9. The summed E-state index contributed by atoms with van der Waals surface area (Å²) in [6.07, 6.45) is 0. The zero-order valence-electron chi connectivity index (χ0n) is 9.97. The van der Waals surface area contributed by atoms with Crippen molar-refractivity contribution >= 4 is 21.7 Å². The lowest BCUT2D eigenvalue weighted by molar-refractivity contribution is 0.453. The molecule has 0 unspecified atom stereocenters. The Morgan fingerprint density at radius 1 is 0.947 bits per heavy atom. The summed E-state index contributed by atoms with van der Waals surface area (Å²) in [4.78, 5) is 11.9. The molecule has 0 spiro atoms. The molecular formula is C14H10O5. The van der Waals surface area contributed by atoms with Crippen molar-refractivity contribution in [2.45, 2.75) is 6.92 Å². The Labute approximate surface area is 107 Å². The fourth-order valence-corrected chi connectivity index (χ4v) is 2.34. The molecule has 3 rings (SSSR count). The Balaban J connectivity index is 2.70. The lowest BCUT2D eigenvalue weighted by Crippen LogP contribution is -2.00. The van der Waals surface area contributed by atoms with Gasteiger partial charge in [0.2, 0.25) is 0 Å². The van der Waals surface area contributed by atoms with E-state index in [4.69, 9.17) is 4.42 Å². The molecular weight excluding hydrogens is 262 g/mol. The fourth-order valence-electron chi connectivity index (χ4n) is 2.34. The Hall–Kier alpha value is -2.69. The van der Waals surface area contributed by atoms with E-state index in [9.17, 15) is 20.1 Å². The summed E-state index contributed by atoms with van der Waals surface area (Å²) in [6, 6.07) is 5.31. The molecule has 0 aliphatic carbocycles. The summed E-state index contributed by atoms with van der Waals surface area (Å²) >= 11 is 0. The van der Waals surface area contributed by atoms with Gasteiger partial charge in [-0.15, -0.1) is 0 Å². The van der Waals surface area contributed by atoms with E-state index in [1.165, 1.54) is 18.2 Å². The standard InChI is InChI=1S/C14H10O5/c1-6-2-7(15)5-11-12(6)9-3-8(16)4-10(17)13(9)14(18)19-11/h2-5,15-17H,1H3/i1+1,2+1,3+1,4+1,5+1,6+1,7+1,8+1,9+1,10+1,11+1,12+1,13+1,14+1. The van der Waals surface area contributed by atoms with Crippen molar-refractivity contribution in [1.82, 2.24) is 0 Å². The summed E-state index contributed by atoms with van der Waals surface area (Å²) in [5.74, 6) is -0.501. The van der Waals surface area contributed by atoms with Crippen LogP contribution in [-0.4, -0.2) is 15.3 Å². The van der Waals surface area contributed by atoms with Crippen LogP contribution in [0, 0.1) is 6.92 Å². The molecule has 96 valence electrons. The molecule has 5 nitrogen and oxygen atoms in total. The first kappa shape index (κ1) is 11.4. The van der Waals surface area contributed by atoms with Crippen molar-refractivity contribution in [2.24, 2.45) is 0 Å². The Morgan fingerprint density at radius 3 is 2.37 bits per heavy atom. The van der Waals surface area contributed by atoms with Gasteiger partial charge in [0.25, 0.3) is 0 Å². The minimum Gasteiger partial charge on any atom is -0.508 e. The van der Waals surface area contributed by atoms with Crippen LogP contribution < -0.4 is 5.63 Å². The van der Waals surface area contributed by atoms with Gasteiger partial charge in [-0.3, -0.25) is 0 Å². The second kappa shape index (κ2) is 3.65. The Morgan fingerprint density at radius 2 is 1.63 bits per heavy atom. The van der Waals surface area contributed by atoms with Crippen LogP contribution in [-0.2, 0) is 0 Å². The summed E-state index contributed by atoms with van der Waals surface area (Å²) in [5.41, 5.74) is 0.166. The maximum Gasteiger partial charge on any atom is 0.347 e. The average Bonchev–Trinajstić information content (AvgIpc) is 2.25. The highest BCUT2D eigenvalue weighted by Gasteiger charge is 2.14. The van der Waals surface area contributed by atoms with Crippen molar-refractivity contribution in [3.8, 4) is 17.2 Å². The minimum atomic E-state index is -0.718. The molecule has 0 bridgehead atoms. The molecule has 1 aromatic heterocycles. The van der Waals surface area contributed by atoms with E-state index in [-0.39, 0.29) is 28.2 Å². The zero-order valence-corrected chi connectivity index (χ0v) is 9.97. The van der Waals surface area contributed by atoms with Crippen LogP contribution in [0.5, 0.6) is 17.2 Å². The predicted octanol–water partition coefficient (Wildman–Crippen LogP) is 2.37. The first-order valence-electron chi connectivity index (χ1n) is 5.59. The van der Waals surface area contributed by atoms with Gasteiger partial charge in [0.1, 0.15) is 28.2 Å². The molecule has 0 aliphatic heterocycles. The monoisotopic (exact) mass is 272 g/mol. The molecule has 0 saturated heterocycles. The smallest absolute Gasteiger partial charge is 0.347 e. The number of rotatable bonds is 0. The Kier molecular flexibility index (Phi) is 2.19. The van der Waals surface area contributed by atoms with Gasteiger partial charge < -0.3 is 19.7 Å². The van der Waals surface area contributed by atoms with Gasteiger partial charge in [-0.25, -0.2) is 4.79 Å². The van der Waals surface area contributed by atoms with Gasteiger partial charge in [0.05, 0.1) is 0 Å². The predicted molar refractivity (Wildman–Crippen MR) is 69.7 cm³/mol. The van der Waals surface area contributed by atoms with E-state index in [2.05, 4.69) is 0 Å². The number of fused-ring (bicyclic) bond motifs is 3. The van der Waals surface area contributed by atoms with E-state index in [1.807, 2.05) is 0 Å². The first-order valence-corrected chi connectivity index (χ1v) is 5.59. The van der Waals surface area contributed by atoms with Gasteiger partial charge in [-0.2, -0.15) is 0 Å². The van der Waals surface area contributed by atoms with Crippen molar-refractivity contribution in [3.05, 3.63) is 40.2 Å². The summed E-state index contributed by atoms with van der Waals surface area (Å²) in [7, 11) is 0. The molecule has 0 amide bonds. The van der Waals surface area contributed by atoms with Gasteiger partial charge in [0.15, 0.2) is 0 Å². The van der Waals surface area contributed by atoms with E-state index in [0.717, 1.165) is 6.07 Å². The van der Waals surface area contributed by atoms with Gasteiger partial charge in [0, 0.05) is 22.9 Å². The largest absolute Gasteiger partial charge is 0.508 e. The maximum absolute atomic E-state index is 11.9. The quantitative estimate of drug-likeness (QED) is 0.332. The van der Waals surface area contributed by atoms with Crippen molar-refractivity contribution in [3.63, 3.8) is 0 Å². The number of aryl methyl sites for hydroxylation is 1. The number of hydrogen-bond donors (Lipinski definition) is 3. The summed E-state index contributed by atoms with van der Waals surface area (Å²) in [5, 5.41) is 29.8. The van der Waals surface area contributed by atoms with Crippen LogP contribution in [0.15, 0.2) is 33.5 Å². The molecule has 5 heteroatoms. The minimum absolute atomic E-state index is 0.0130. The second-order valence-electron chi connectivity index (χ2n) is 4.41. The number of benzene rings is 2. The molecule has 1 heterocycles. The molecule has 3 N–H and O–H groups in total. The molecule has 0 radical (unpaired) electrons. The lowest BCUT2D eigenvalue weighted by atomic mass is 11.0. The number of aromatic hydroxyl groups is 3. The van der Waals surface area contributed by atoms with Crippen molar-refractivity contribution < 1.29 is 19.7 Å². The molecule has 2 aromatic carbocycles. The second-order valence-corrected chi connectivity index (χ2v) is 4.41. The highest BCUT2D eigenvalue weighted by molar-refractivity contribution is 6.08. The normalized spacial score (nSPS) is 11.2. The van der Waals surface area contributed by atoms with E-state index >= 15 is 0 Å². The Bertz CT molecular complexity index is 877. The third-order valence-corrected chi connectivity index (χ3v) is 3.06. The number of phenols is 3. The van der Waals surface area contributed by atoms with Gasteiger partial charge >= 0.3 is 5.63 Å². The molecule has 0 saturated carbocycles.